The van der Waals surface area contributed by atoms with Crippen LogP contribution in [-0.4, -0.2) is 33.9 Å². The summed E-state index contributed by atoms with van der Waals surface area (Å²) < 4.78 is 1.86. The molecule has 0 amide bonds. The van der Waals surface area contributed by atoms with Gasteiger partial charge in [0.15, 0.2) is 0 Å². The fourth-order valence-electron chi connectivity index (χ4n) is 1.78. The number of allylic oxidation sites excluding steroid dienone is 4. The van der Waals surface area contributed by atoms with Crippen LogP contribution in [0.4, 0.5) is 0 Å². The van der Waals surface area contributed by atoms with E-state index in [1.807, 2.05) is 8.53 Å². The Morgan fingerprint density at radius 2 is 2.17 bits per heavy atom. The summed E-state index contributed by atoms with van der Waals surface area (Å²) in [6.07, 6.45) is 8.93. The molecule has 0 heterocycles. The van der Waals surface area contributed by atoms with Gasteiger partial charge in [-0.05, 0) is 0 Å². The van der Waals surface area contributed by atoms with Gasteiger partial charge in [-0.25, -0.2) is 0 Å². The van der Waals surface area contributed by atoms with Gasteiger partial charge in [0.25, 0.3) is 0 Å². The van der Waals surface area contributed by atoms with E-state index in [2.05, 4.69) is 26.0 Å². The van der Waals surface area contributed by atoms with Crippen LogP contribution in [0.15, 0.2) is 20.7 Å². The van der Waals surface area contributed by atoms with E-state index in [1.54, 1.807) is 0 Å². The Kier molecular flexibility index (Phi) is 4.73. The molecular formula is C10H19InSi. The molecule has 66 valence electrons. The van der Waals surface area contributed by atoms with Crippen LogP contribution < -0.4 is 0 Å². The normalized spacial score (nSPS) is 17.6. The summed E-state index contributed by atoms with van der Waals surface area (Å²) in [4.78, 5) is 0. The van der Waals surface area contributed by atoms with E-state index >= 15 is 0 Å². The van der Waals surface area contributed by atoms with Crippen molar-refractivity contribution in [2.24, 2.45) is 0 Å². The Morgan fingerprint density at radius 1 is 1.50 bits per heavy atom. The molecule has 0 fully saturated rings. The van der Waals surface area contributed by atoms with E-state index in [9.17, 15) is 0 Å². The third-order valence-corrected chi connectivity index (χ3v) is 11.0. The Morgan fingerprint density at radius 3 is 2.58 bits per heavy atom. The van der Waals surface area contributed by atoms with Crippen molar-refractivity contribution in [3.05, 3.63) is 20.7 Å². The van der Waals surface area contributed by atoms with Crippen LogP contribution >= 0.6 is 0 Å². The SMILES string of the molecule is CCC(CC)[SiH2]C1=[C]([InH2])CC=C1. The molecule has 12 heavy (non-hydrogen) atoms. The van der Waals surface area contributed by atoms with Gasteiger partial charge in [-0.15, -0.1) is 0 Å². The second-order valence-corrected chi connectivity index (χ2v) is 9.57. The zero-order valence-corrected chi connectivity index (χ0v) is 15.7. The van der Waals surface area contributed by atoms with Crippen molar-refractivity contribution in [1.29, 1.82) is 0 Å². The van der Waals surface area contributed by atoms with Gasteiger partial charge in [-0.2, -0.15) is 0 Å². The first-order valence-corrected chi connectivity index (χ1v) is 9.50. The summed E-state index contributed by atoms with van der Waals surface area (Å²) in [6.45, 7) is 4.69. The van der Waals surface area contributed by atoms with Gasteiger partial charge >= 0.3 is 93.2 Å². The zero-order chi connectivity index (χ0) is 8.97. The van der Waals surface area contributed by atoms with Crippen molar-refractivity contribution in [3.8, 4) is 0 Å². The first-order chi connectivity index (χ1) is 5.77. The standard InChI is InChI=1S/C10H17Si.In.2H/c1-3-9(4-2)11-10-7-5-6-8-10;;;/h5,7,9H,3-4,6,11H2,1-2H3;;;. The third-order valence-electron chi connectivity index (χ3n) is 2.95. The Bertz CT molecular complexity index is 202. The summed E-state index contributed by atoms with van der Waals surface area (Å²) in [5.74, 6) is 0. The van der Waals surface area contributed by atoms with Gasteiger partial charge in [0.2, 0.25) is 0 Å². The molecule has 0 saturated carbocycles. The molecule has 0 nitrogen and oxygen atoms in total. The maximum absolute atomic E-state index is 2.43. The predicted molar refractivity (Wildman–Crippen MR) is 62.2 cm³/mol. The molecule has 0 bridgehead atoms. The van der Waals surface area contributed by atoms with Crippen molar-refractivity contribution in [2.75, 3.05) is 0 Å². The Hall–Kier alpha value is 0.567. The molecule has 0 atom stereocenters. The quantitative estimate of drug-likeness (QED) is 0.687. The van der Waals surface area contributed by atoms with Crippen LogP contribution in [0.25, 0.3) is 0 Å². The summed E-state index contributed by atoms with van der Waals surface area (Å²) >= 11 is 0.788. The molecule has 0 saturated heterocycles. The minimum absolute atomic E-state index is 0.0996. The van der Waals surface area contributed by atoms with Crippen LogP contribution in [0.3, 0.4) is 0 Å². The molecule has 1 aliphatic rings. The Balaban J connectivity index is 2.49. The molecule has 0 aromatic carbocycles. The van der Waals surface area contributed by atoms with Crippen LogP contribution in [0.1, 0.15) is 33.1 Å². The molecule has 1 rings (SSSR count). The van der Waals surface area contributed by atoms with Gasteiger partial charge in [-0.1, -0.05) is 0 Å². The van der Waals surface area contributed by atoms with Gasteiger partial charge in [0, 0.05) is 0 Å². The summed E-state index contributed by atoms with van der Waals surface area (Å²) in [5, 5.41) is 1.83. The van der Waals surface area contributed by atoms with Crippen LogP contribution in [0.2, 0.25) is 5.54 Å². The zero-order valence-electron chi connectivity index (χ0n) is 8.56. The third kappa shape index (κ3) is 2.81. The van der Waals surface area contributed by atoms with E-state index in [-0.39, 0.29) is 9.52 Å². The van der Waals surface area contributed by atoms with Crippen LogP contribution in [-0.2, 0) is 0 Å². The second kappa shape index (κ2) is 5.33. The van der Waals surface area contributed by atoms with Crippen molar-refractivity contribution in [1.82, 2.24) is 0 Å². The molecule has 2 heteroatoms. The van der Waals surface area contributed by atoms with Crippen molar-refractivity contribution in [3.63, 3.8) is 0 Å². The van der Waals surface area contributed by atoms with E-state index in [0.717, 1.165) is 29.9 Å². The second-order valence-electron chi connectivity index (χ2n) is 3.80. The molecule has 1 aliphatic carbocycles. The van der Waals surface area contributed by atoms with E-state index in [4.69, 9.17) is 0 Å². The molecule has 0 unspecified atom stereocenters. The van der Waals surface area contributed by atoms with Crippen molar-refractivity contribution < 1.29 is 0 Å². The molecule has 0 N–H and O–H groups in total. The molecule has 0 radical (unpaired) electrons. The number of rotatable bonds is 4. The van der Waals surface area contributed by atoms with Gasteiger partial charge in [0.1, 0.15) is 0 Å². The van der Waals surface area contributed by atoms with E-state index in [1.165, 1.54) is 19.3 Å². The molecule has 0 spiro atoms. The Labute approximate surface area is 92.9 Å². The maximum atomic E-state index is 2.43. The first kappa shape index (κ1) is 10.6. The topological polar surface area (TPSA) is 0 Å². The average Bonchev–Trinajstić information content (AvgIpc) is 2.47. The van der Waals surface area contributed by atoms with Crippen LogP contribution in [0, 0.1) is 0 Å². The minimum atomic E-state index is 0.0996. The monoisotopic (exact) mass is 282 g/mol. The fourth-order valence-corrected chi connectivity index (χ4v) is 6.67. The fraction of sp³-hybridized carbons (Fsp3) is 0.600. The summed E-state index contributed by atoms with van der Waals surface area (Å²) in [6, 6.07) is 0. The van der Waals surface area contributed by atoms with Gasteiger partial charge in [-0.3, -0.25) is 0 Å². The summed E-state index contributed by atoms with van der Waals surface area (Å²) in [7, 11) is 0.0996. The van der Waals surface area contributed by atoms with Crippen molar-refractivity contribution in [2.45, 2.75) is 38.7 Å². The first-order valence-electron chi connectivity index (χ1n) is 5.13. The predicted octanol–water partition coefficient (Wildman–Crippen LogP) is 1.57. The molecule has 0 aromatic rings. The summed E-state index contributed by atoms with van der Waals surface area (Å²) in [5.41, 5.74) is 1.07. The van der Waals surface area contributed by atoms with Crippen LogP contribution in [0.5, 0.6) is 0 Å². The molecule has 0 aliphatic heterocycles. The number of hydrogen-bond acceptors (Lipinski definition) is 0. The van der Waals surface area contributed by atoms with Crippen molar-refractivity contribution >= 4 is 33.9 Å². The molecular weight excluding hydrogens is 263 g/mol. The van der Waals surface area contributed by atoms with Gasteiger partial charge in [0.05, 0.1) is 0 Å². The van der Waals surface area contributed by atoms with Gasteiger partial charge < -0.3 is 0 Å². The molecule has 0 aromatic heterocycles. The average molecular weight is 282 g/mol. The number of hydrogen-bond donors (Lipinski definition) is 0. The van der Waals surface area contributed by atoms with E-state index in [0.29, 0.717) is 0 Å². The van der Waals surface area contributed by atoms with E-state index < -0.39 is 0 Å².